The molecule has 0 fully saturated rings. The summed E-state index contributed by atoms with van der Waals surface area (Å²) < 4.78 is 20.9. The molecule has 0 saturated heterocycles. The Bertz CT molecular complexity index is 839. The molecule has 2 aromatic rings. The molecule has 0 spiro atoms. The molecule has 7 nitrogen and oxygen atoms in total. The minimum absolute atomic E-state index is 0.155. The highest BCUT2D eigenvalue weighted by atomic mass is 35.5. The Morgan fingerprint density at radius 3 is 2.46 bits per heavy atom. The number of para-hydroxylation sites is 1. The van der Waals surface area contributed by atoms with Crippen molar-refractivity contribution in [2.24, 2.45) is 0 Å². The first-order valence-corrected chi connectivity index (χ1v) is 8.94. The Morgan fingerprint density at radius 1 is 1.07 bits per heavy atom. The number of carbonyl (C=O) groups is 2. The van der Waals surface area contributed by atoms with Crippen LogP contribution in [0.5, 0.6) is 17.2 Å². The summed E-state index contributed by atoms with van der Waals surface area (Å²) in [6.45, 7) is 2.03. The lowest BCUT2D eigenvalue weighted by Gasteiger charge is -2.13. The molecular formula is C20H22ClNO6. The average Bonchev–Trinajstić information content (AvgIpc) is 2.71. The quantitative estimate of drug-likeness (QED) is 0.642. The van der Waals surface area contributed by atoms with Crippen molar-refractivity contribution >= 4 is 23.5 Å². The maximum absolute atomic E-state index is 12.2. The molecule has 28 heavy (non-hydrogen) atoms. The van der Waals surface area contributed by atoms with Gasteiger partial charge in [0.1, 0.15) is 5.75 Å². The molecule has 2 rings (SSSR count). The van der Waals surface area contributed by atoms with E-state index in [9.17, 15) is 9.59 Å². The number of amides is 1. The van der Waals surface area contributed by atoms with Crippen LogP contribution in [0.1, 0.15) is 22.8 Å². The zero-order valence-electron chi connectivity index (χ0n) is 15.9. The van der Waals surface area contributed by atoms with Gasteiger partial charge in [0.15, 0.2) is 18.1 Å². The lowest BCUT2D eigenvalue weighted by molar-refractivity contribution is -0.124. The van der Waals surface area contributed by atoms with Gasteiger partial charge in [-0.15, -0.1) is 0 Å². The number of benzene rings is 2. The van der Waals surface area contributed by atoms with Crippen molar-refractivity contribution in [1.29, 1.82) is 0 Å². The molecular weight excluding hydrogens is 386 g/mol. The zero-order valence-corrected chi connectivity index (χ0v) is 16.7. The molecule has 0 aromatic heterocycles. The summed E-state index contributed by atoms with van der Waals surface area (Å²) in [4.78, 5) is 24.2. The number of ether oxygens (including phenoxy) is 4. The second-order valence-electron chi connectivity index (χ2n) is 5.59. The van der Waals surface area contributed by atoms with Crippen molar-refractivity contribution in [3.8, 4) is 17.2 Å². The summed E-state index contributed by atoms with van der Waals surface area (Å²) in [5.41, 5.74) is 0.968. The van der Waals surface area contributed by atoms with Crippen molar-refractivity contribution in [2.75, 3.05) is 27.4 Å². The predicted molar refractivity (Wildman–Crippen MR) is 104 cm³/mol. The van der Waals surface area contributed by atoms with Crippen LogP contribution in [0.2, 0.25) is 5.02 Å². The molecule has 0 saturated carbocycles. The van der Waals surface area contributed by atoms with E-state index in [0.29, 0.717) is 23.9 Å². The Kier molecular flexibility index (Phi) is 7.95. The molecule has 150 valence electrons. The number of nitrogens with one attached hydrogen (secondary N) is 1. The van der Waals surface area contributed by atoms with E-state index in [1.165, 1.54) is 19.2 Å². The van der Waals surface area contributed by atoms with Crippen molar-refractivity contribution in [1.82, 2.24) is 5.32 Å². The number of halogens is 1. The molecule has 2 aromatic carbocycles. The summed E-state index contributed by atoms with van der Waals surface area (Å²) in [6, 6.07) is 10.2. The largest absolute Gasteiger partial charge is 0.496 e. The van der Waals surface area contributed by atoms with Crippen LogP contribution in [0.25, 0.3) is 0 Å². The van der Waals surface area contributed by atoms with E-state index in [4.69, 9.17) is 30.5 Å². The molecule has 1 amide bonds. The number of carbonyl (C=O) groups excluding carboxylic acids is 2. The average molecular weight is 408 g/mol. The predicted octanol–water partition coefficient (Wildman–Crippen LogP) is 3.23. The highest BCUT2D eigenvalue weighted by Gasteiger charge is 2.17. The van der Waals surface area contributed by atoms with Crippen molar-refractivity contribution in [3.63, 3.8) is 0 Å². The molecule has 0 heterocycles. The third-order valence-corrected chi connectivity index (χ3v) is 4.04. The molecule has 8 heteroatoms. The van der Waals surface area contributed by atoms with Gasteiger partial charge in [-0.1, -0.05) is 29.8 Å². The molecule has 0 atom stereocenters. The van der Waals surface area contributed by atoms with Gasteiger partial charge in [-0.3, -0.25) is 4.79 Å². The van der Waals surface area contributed by atoms with E-state index in [0.717, 1.165) is 5.56 Å². The number of rotatable bonds is 9. The Labute approximate surface area is 168 Å². The van der Waals surface area contributed by atoms with Gasteiger partial charge < -0.3 is 24.3 Å². The topological polar surface area (TPSA) is 83.1 Å². The maximum Gasteiger partial charge on any atom is 0.338 e. The van der Waals surface area contributed by atoms with E-state index in [1.807, 2.05) is 25.1 Å². The van der Waals surface area contributed by atoms with Crippen LogP contribution in [0.3, 0.4) is 0 Å². The molecule has 1 N–H and O–H groups in total. The maximum atomic E-state index is 12.2. The van der Waals surface area contributed by atoms with Crippen LogP contribution in [0.15, 0.2) is 36.4 Å². The normalized spacial score (nSPS) is 10.1. The fourth-order valence-electron chi connectivity index (χ4n) is 2.43. The lowest BCUT2D eigenvalue weighted by Crippen LogP contribution is -2.28. The first-order valence-electron chi connectivity index (χ1n) is 8.56. The molecule has 0 radical (unpaired) electrons. The molecule has 0 unspecified atom stereocenters. The molecule has 0 aliphatic carbocycles. The van der Waals surface area contributed by atoms with Gasteiger partial charge in [0.05, 0.1) is 31.4 Å². The summed E-state index contributed by atoms with van der Waals surface area (Å²) in [5, 5.41) is 2.89. The molecule has 0 bridgehead atoms. The van der Waals surface area contributed by atoms with E-state index < -0.39 is 18.5 Å². The minimum Gasteiger partial charge on any atom is -0.496 e. The minimum atomic E-state index is -0.698. The smallest absolute Gasteiger partial charge is 0.338 e. The van der Waals surface area contributed by atoms with Crippen molar-refractivity contribution in [2.45, 2.75) is 13.5 Å². The highest BCUT2D eigenvalue weighted by Crippen LogP contribution is 2.36. The van der Waals surface area contributed by atoms with E-state index >= 15 is 0 Å². The van der Waals surface area contributed by atoms with E-state index in [2.05, 4.69) is 5.32 Å². The Balaban J connectivity index is 1.94. The van der Waals surface area contributed by atoms with Crippen LogP contribution < -0.4 is 19.5 Å². The summed E-state index contributed by atoms with van der Waals surface area (Å²) in [5.74, 6) is 0.176. The Morgan fingerprint density at radius 2 is 1.79 bits per heavy atom. The summed E-state index contributed by atoms with van der Waals surface area (Å²) in [6.07, 6.45) is 0. The second-order valence-corrected chi connectivity index (χ2v) is 5.99. The first-order chi connectivity index (χ1) is 13.5. The van der Waals surface area contributed by atoms with Crippen LogP contribution in [0.4, 0.5) is 0 Å². The van der Waals surface area contributed by atoms with Gasteiger partial charge in [0.2, 0.25) is 0 Å². The van der Waals surface area contributed by atoms with Crippen LogP contribution in [-0.2, 0) is 16.1 Å². The van der Waals surface area contributed by atoms with Crippen molar-refractivity contribution in [3.05, 3.63) is 52.5 Å². The number of hydrogen-bond donors (Lipinski definition) is 1. The standard InChI is InChI=1S/C20H22ClNO6/c1-4-27-19-15(21)9-14(10-17(19)26-3)20(24)28-12-18(23)22-11-13-7-5-6-8-16(13)25-2/h5-10H,4,11-12H2,1-3H3,(H,22,23). The van der Waals surface area contributed by atoms with Crippen LogP contribution in [0, 0.1) is 0 Å². The zero-order chi connectivity index (χ0) is 20.5. The van der Waals surface area contributed by atoms with Gasteiger partial charge >= 0.3 is 5.97 Å². The Hall–Kier alpha value is -2.93. The first kappa shape index (κ1) is 21.4. The summed E-state index contributed by atoms with van der Waals surface area (Å²) in [7, 11) is 2.99. The van der Waals surface area contributed by atoms with Gasteiger partial charge in [0, 0.05) is 12.1 Å². The SMILES string of the molecule is CCOc1c(Cl)cc(C(=O)OCC(=O)NCc2ccccc2OC)cc1OC. The van der Waals surface area contributed by atoms with Crippen LogP contribution >= 0.6 is 11.6 Å². The summed E-state index contributed by atoms with van der Waals surface area (Å²) >= 11 is 6.14. The third-order valence-electron chi connectivity index (χ3n) is 3.76. The molecule has 0 aliphatic heterocycles. The number of methoxy groups -OCH3 is 2. The fourth-order valence-corrected chi connectivity index (χ4v) is 2.70. The highest BCUT2D eigenvalue weighted by molar-refractivity contribution is 6.32. The van der Waals surface area contributed by atoms with Gasteiger partial charge in [0.25, 0.3) is 5.91 Å². The van der Waals surface area contributed by atoms with Crippen LogP contribution in [-0.4, -0.2) is 39.3 Å². The molecule has 0 aliphatic rings. The van der Waals surface area contributed by atoms with Gasteiger partial charge in [-0.2, -0.15) is 0 Å². The number of hydrogen-bond acceptors (Lipinski definition) is 6. The van der Waals surface area contributed by atoms with E-state index in [-0.39, 0.29) is 17.1 Å². The van der Waals surface area contributed by atoms with Gasteiger partial charge in [-0.05, 0) is 25.1 Å². The second kappa shape index (κ2) is 10.4. The lowest BCUT2D eigenvalue weighted by atomic mass is 10.2. The van der Waals surface area contributed by atoms with E-state index in [1.54, 1.807) is 13.2 Å². The number of esters is 1. The van der Waals surface area contributed by atoms with Gasteiger partial charge in [-0.25, -0.2) is 4.79 Å². The van der Waals surface area contributed by atoms with Crippen molar-refractivity contribution < 1.29 is 28.5 Å². The fraction of sp³-hybridized carbons (Fsp3) is 0.300. The monoisotopic (exact) mass is 407 g/mol. The third kappa shape index (κ3) is 5.53.